The highest BCUT2D eigenvalue weighted by molar-refractivity contribution is 7.21. The van der Waals surface area contributed by atoms with Gasteiger partial charge in [0, 0.05) is 18.1 Å². The van der Waals surface area contributed by atoms with E-state index in [-0.39, 0.29) is 6.04 Å². The second-order valence-corrected chi connectivity index (χ2v) is 6.20. The Labute approximate surface area is 125 Å². The minimum absolute atomic E-state index is 0.244. The lowest BCUT2D eigenvalue weighted by molar-refractivity contribution is 0.112. The van der Waals surface area contributed by atoms with Crippen molar-refractivity contribution in [3.05, 3.63) is 52.8 Å². The summed E-state index contributed by atoms with van der Waals surface area (Å²) >= 11 is 1.48. The molecule has 0 unspecified atom stereocenters. The molecule has 0 radical (unpaired) electrons. The van der Waals surface area contributed by atoms with Crippen molar-refractivity contribution >= 4 is 33.5 Å². The number of fused-ring (bicyclic) bond motifs is 2. The SMILES string of the molecule is O=Cc1cc2ccnc(N[C@@H]3CCc4ncccc43)c2s1. The van der Waals surface area contributed by atoms with Crippen LogP contribution >= 0.6 is 11.3 Å². The maximum Gasteiger partial charge on any atom is 0.160 e. The van der Waals surface area contributed by atoms with E-state index in [4.69, 9.17) is 0 Å². The number of hydrogen-bond donors (Lipinski definition) is 1. The van der Waals surface area contributed by atoms with Gasteiger partial charge in [-0.25, -0.2) is 4.98 Å². The second kappa shape index (κ2) is 4.93. The van der Waals surface area contributed by atoms with Crippen LogP contribution < -0.4 is 5.32 Å². The van der Waals surface area contributed by atoms with E-state index in [0.717, 1.165) is 39.9 Å². The van der Waals surface area contributed by atoms with E-state index in [9.17, 15) is 4.79 Å². The van der Waals surface area contributed by atoms with Gasteiger partial charge in [0.05, 0.1) is 15.6 Å². The van der Waals surface area contributed by atoms with Gasteiger partial charge in [-0.15, -0.1) is 11.3 Å². The number of thiophene rings is 1. The number of nitrogens with one attached hydrogen (secondary N) is 1. The molecule has 4 nitrogen and oxygen atoms in total. The third kappa shape index (κ3) is 2.10. The number of hydrogen-bond acceptors (Lipinski definition) is 5. The summed E-state index contributed by atoms with van der Waals surface area (Å²) in [5, 5.41) is 4.58. The van der Waals surface area contributed by atoms with Crippen molar-refractivity contribution in [2.75, 3.05) is 5.32 Å². The molecule has 3 aromatic rings. The highest BCUT2D eigenvalue weighted by Gasteiger charge is 2.24. The van der Waals surface area contributed by atoms with Crippen molar-refractivity contribution in [1.82, 2.24) is 9.97 Å². The van der Waals surface area contributed by atoms with Gasteiger partial charge < -0.3 is 5.32 Å². The average molecular weight is 295 g/mol. The van der Waals surface area contributed by atoms with E-state index in [1.807, 2.05) is 24.4 Å². The van der Waals surface area contributed by atoms with Crippen LogP contribution in [0.15, 0.2) is 36.7 Å². The molecule has 1 atom stereocenters. The molecule has 0 amide bonds. The zero-order chi connectivity index (χ0) is 14.2. The number of carbonyl (C=O) groups is 1. The molecule has 3 heterocycles. The maximum absolute atomic E-state index is 11.0. The molecule has 5 heteroatoms. The van der Waals surface area contributed by atoms with Gasteiger partial charge in [0.2, 0.25) is 0 Å². The number of anilines is 1. The summed E-state index contributed by atoms with van der Waals surface area (Å²) in [6, 6.07) is 8.19. The zero-order valence-electron chi connectivity index (χ0n) is 11.2. The number of nitrogens with zero attached hydrogens (tertiary/aromatic N) is 2. The molecule has 104 valence electrons. The normalized spacial score (nSPS) is 16.9. The Morgan fingerprint density at radius 3 is 3.14 bits per heavy atom. The molecule has 1 aliphatic rings. The lowest BCUT2D eigenvalue weighted by Crippen LogP contribution is -2.08. The van der Waals surface area contributed by atoms with Crippen LogP contribution in [0, 0.1) is 0 Å². The fraction of sp³-hybridized carbons (Fsp3) is 0.188. The summed E-state index contributed by atoms with van der Waals surface area (Å²) in [7, 11) is 0. The molecule has 0 spiro atoms. The highest BCUT2D eigenvalue weighted by Crippen LogP contribution is 2.36. The first-order valence-corrected chi connectivity index (χ1v) is 7.71. The van der Waals surface area contributed by atoms with E-state index in [1.165, 1.54) is 22.6 Å². The van der Waals surface area contributed by atoms with Gasteiger partial charge in [-0.1, -0.05) is 6.07 Å². The Balaban J connectivity index is 1.72. The number of aryl methyl sites for hydroxylation is 1. The molecule has 1 N–H and O–H groups in total. The number of carbonyl (C=O) groups excluding carboxylic acids is 1. The summed E-state index contributed by atoms with van der Waals surface area (Å²) < 4.78 is 1.04. The molecule has 0 aliphatic heterocycles. The quantitative estimate of drug-likeness (QED) is 0.750. The fourth-order valence-corrected chi connectivity index (χ4v) is 3.80. The van der Waals surface area contributed by atoms with E-state index < -0.39 is 0 Å². The largest absolute Gasteiger partial charge is 0.362 e. The Hall–Kier alpha value is -2.27. The molecule has 3 aromatic heterocycles. The van der Waals surface area contributed by atoms with E-state index in [1.54, 1.807) is 6.20 Å². The average Bonchev–Trinajstić information content (AvgIpc) is 3.12. The number of aromatic nitrogens is 2. The molecular weight excluding hydrogens is 282 g/mol. The first-order chi connectivity index (χ1) is 10.3. The Kier molecular flexibility index (Phi) is 2.93. The van der Waals surface area contributed by atoms with Crippen LogP contribution in [0.5, 0.6) is 0 Å². The van der Waals surface area contributed by atoms with E-state index >= 15 is 0 Å². The molecule has 0 saturated carbocycles. The Morgan fingerprint density at radius 1 is 1.29 bits per heavy atom. The van der Waals surface area contributed by atoms with E-state index in [0.29, 0.717) is 0 Å². The molecular formula is C16H13N3OS. The molecule has 0 fully saturated rings. The van der Waals surface area contributed by atoms with Crippen LogP contribution in [0.3, 0.4) is 0 Å². The predicted molar refractivity (Wildman–Crippen MR) is 83.9 cm³/mol. The van der Waals surface area contributed by atoms with Gasteiger partial charge in [0.15, 0.2) is 6.29 Å². The first-order valence-electron chi connectivity index (χ1n) is 6.89. The van der Waals surface area contributed by atoms with Gasteiger partial charge in [0.1, 0.15) is 5.82 Å². The molecule has 1 aliphatic carbocycles. The summed E-state index contributed by atoms with van der Waals surface area (Å²) in [5.74, 6) is 0.854. The van der Waals surface area contributed by atoms with Crippen molar-refractivity contribution < 1.29 is 4.79 Å². The summed E-state index contributed by atoms with van der Waals surface area (Å²) in [5.41, 5.74) is 2.42. The van der Waals surface area contributed by atoms with Gasteiger partial charge in [0.25, 0.3) is 0 Å². The number of aldehydes is 1. The standard InChI is InChI=1S/C16H13N3OS/c20-9-11-8-10-5-7-18-16(15(10)21-11)19-14-4-3-13-12(14)2-1-6-17-13/h1-2,5-9,14H,3-4H2,(H,18,19)/t14-/m1/s1. The molecule has 21 heavy (non-hydrogen) atoms. The summed E-state index contributed by atoms with van der Waals surface area (Å²) in [6.07, 6.45) is 6.54. The van der Waals surface area contributed by atoms with Crippen molar-refractivity contribution in [2.45, 2.75) is 18.9 Å². The minimum Gasteiger partial charge on any atom is -0.362 e. The highest BCUT2D eigenvalue weighted by atomic mass is 32.1. The lowest BCUT2D eigenvalue weighted by atomic mass is 10.1. The van der Waals surface area contributed by atoms with Crippen molar-refractivity contribution in [1.29, 1.82) is 0 Å². The smallest absolute Gasteiger partial charge is 0.160 e. The topological polar surface area (TPSA) is 54.9 Å². The van der Waals surface area contributed by atoms with Gasteiger partial charge in [-0.05, 0) is 42.0 Å². The molecule has 0 aromatic carbocycles. The second-order valence-electron chi connectivity index (χ2n) is 5.12. The molecule has 0 bridgehead atoms. The summed E-state index contributed by atoms with van der Waals surface area (Å²) in [6.45, 7) is 0. The van der Waals surface area contributed by atoms with Gasteiger partial charge >= 0.3 is 0 Å². The van der Waals surface area contributed by atoms with Crippen LogP contribution in [-0.4, -0.2) is 16.3 Å². The Morgan fingerprint density at radius 2 is 2.24 bits per heavy atom. The predicted octanol–water partition coefficient (Wildman–Crippen LogP) is 3.60. The third-order valence-electron chi connectivity index (χ3n) is 3.85. The molecule has 0 saturated heterocycles. The van der Waals surface area contributed by atoms with Crippen molar-refractivity contribution in [2.24, 2.45) is 0 Å². The number of rotatable bonds is 3. The van der Waals surface area contributed by atoms with E-state index in [2.05, 4.69) is 21.4 Å². The van der Waals surface area contributed by atoms with Gasteiger partial charge in [-0.3, -0.25) is 9.78 Å². The summed E-state index contributed by atoms with van der Waals surface area (Å²) in [4.78, 5) is 20.6. The van der Waals surface area contributed by atoms with Crippen LogP contribution in [0.1, 0.15) is 33.4 Å². The minimum atomic E-state index is 0.244. The van der Waals surface area contributed by atoms with Crippen LogP contribution in [0.2, 0.25) is 0 Å². The monoisotopic (exact) mass is 295 g/mol. The van der Waals surface area contributed by atoms with Crippen molar-refractivity contribution in [3.8, 4) is 0 Å². The molecule has 4 rings (SSSR count). The maximum atomic E-state index is 11.0. The van der Waals surface area contributed by atoms with Gasteiger partial charge in [-0.2, -0.15) is 0 Å². The number of pyridine rings is 2. The third-order valence-corrected chi connectivity index (χ3v) is 4.93. The lowest BCUT2D eigenvalue weighted by Gasteiger charge is -2.14. The Bertz CT molecular complexity index is 827. The zero-order valence-corrected chi connectivity index (χ0v) is 12.1. The van der Waals surface area contributed by atoms with Crippen molar-refractivity contribution in [3.63, 3.8) is 0 Å². The van der Waals surface area contributed by atoms with Crippen LogP contribution in [0.25, 0.3) is 10.1 Å². The first kappa shape index (κ1) is 12.5. The van der Waals surface area contributed by atoms with Crippen LogP contribution in [0.4, 0.5) is 5.82 Å². The van der Waals surface area contributed by atoms with Crippen LogP contribution in [-0.2, 0) is 6.42 Å². The fourth-order valence-electron chi connectivity index (χ4n) is 2.87.